The van der Waals surface area contributed by atoms with Gasteiger partial charge in [0.1, 0.15) is 12.3 Å². The zero-order chi connectivity index (χ0) is 24.7. The first kappa shape index (κ1) is 24.0. The van der Waals surface area contributed by atoms with Crippen LogP contribution in [0.25, 0.3) is 16.8 Å². The second-order valence-corrected chi connectivity index (χ2v) is 9.56. The first-order valence-electron chi connectivity index (χ1n) is 11.2. The van der Waals surface area contributed by atoms with E-state index < -0.39 is 22.5 Å². The van der Waals surface area contributed by atoms with Crippen molar-refractivity contribution in [2.24, 2.45) is 0 Å². The van der Waals surface area contributed by atoms with Gasteiger partial charge in [0.2, 0.25) is 5.91 Å². The highest BCUT2D eigenvalue weighted by molar-refractivity contribution is 7.92. The molecular formula is C28H26N2O4S. The van der Waals surface area contributed by atoms with Crippen LogP contribution in [0.1, 0.15) is 12.5 Å². The van der Waals surface area contributed by atoms with Gasteiger partial charge in [0.15, 0.2) is 0 Å². The van der Waals surface area contributed by atoms with E-state index in [4.69, 9.17) is 4.74 Å². The van der Waals surface area contributed by atoms with Gasteiger partial charge >= 0.3 is 0 Å². The second kappa shape index (κ2) is 10.9. The van der Waals surface area contributed by atoms with Crippen LogP contribution in [-0.4, -0.2) is 27.5 Å². The topological polar surface area (TPSA) is 75.7 Å². The number of ether oxygens (including phenoxy) is 1. The summed E-state index contributed by atoms with van der Waals surface area (Å²) in [5.41, 5.74) is 1.24. The molecule has 0 aliphatic heterocycles. The van der Waals surface area contributed by atoms with Crippen molar-refractivity contribution in [3.8, 4) is 5.75 Å². The zero-order valence-electron chi connectivity index (χ0n) is 19.3. The van der Waals surface area contributed by atoms with Crippen LogP contribution in [0.3, 0.4) is 0 Å². The van der Waals surface area contributed by atoms with Crippen molar-refractivity contribution in [3.63, 3.8) is 0 Å². The summed E-state index contributed by atoms with van der Waals surface area (Å²) in [6, 6.07) is 28.7. The van der Waals surface area contributed by atoms with Gasteiger partial charge in [-0.3, -0.25) is 9.10 Å². The summed E-state index contributed by atoms with van der Waals surface area (Å²) in [5, 5.41) is 4.85. The molecule has 0 aliphatic rings. The monoisotopic (exact) mass is 486 g/mol. The Morgan fingerprint density at radius 1 is 0.886 bits per heavy atom. The Bertz CT molecular complexity index is 1450. The van der Waals surface area contributed by atoms with Gasteiger partial charge in [-0.2, -0.15) is 0 Å². The molecule has 0 spiro atoms. The van der Waals surface area contributed by atoms with E-state index in [9.17, 15) is 13.2 Å². The SMILES string of the molecule is CCOc1ccccc1N(CC(=O)NC=Cc1cccc2ccccc12)S(=O)(=O)c1ccccc1. The lowest BCUT2D eigenvalue weighted by molar-refractivity contribution is -0.118. The maximum absolute atomic E-state index is 13.5. The van der Waals surface area contributed by atoms with Gasteiger partial charge in [-0.05, 0) is 53.6 Å². The van der Waals surface area contributed by atoms with E-state index >= 15 is 0 Å². The van der Waals surface area contributed by atoms with Crippen LogP contribution >= 0.6 is 0 Å². The molecule has 4 rings (SSSR count). The number of fused-ring (bicyclic) bond motifs is 1. The van der Waals surface area contributed by atoms with Crippen molar-refractivity contribution in [1.29, 1.82) is 0 Å². The smallest absolute Gasteiger partial charge is 0.264 e. The molecule has 0 saturated carbocycles. The fraction of sp³-hybridized carbons (Fsp3) is 0.107. The van der Waals surface area contributed by atoms with E-state index in [0.717, 1.165) is 20.6 Å². The molecular weight excluding hydrogens is 460 g/mol. The third-order valence-electron chi connectivity index (χ3n) is 5.38. The lowest BCUT2D eigenvalue weighted by Crippen LogP contribution is -2.39. The van der Waals surface area contributed by atoms with Crippen molar-refractivity contribution < 1.29 is 17.9 Å². The molecule has 178 valence electrons. The first-order chi connectivity index (χ1) is 17.0. The molecule has 0 bridgehead atoms. The van der Waals surface area contributed by atoms with Crippen LogP contribution in [0, 0.1) is 0 Å². The number of hydrogen-bond donors (Lipinski definition) is 1. The number of benzene rings is 4. The number of hydrogen-bond acceptors (Lipinski definition) is 4. The predicted octanol–water partition coefficient (Wildman–Crippen LogP) is 5.22. The van der Waals surface area contributed by atoms with E-state index in [1.807, 2.05) is 49.4 Å². The number of carbonyl (C=O) groups is 1. The minimum atomic E-state index is -4.03. The van der Waals surface area contributed by atoms with Crippen molar-refractivity contribution >= 4 is 38.5 Å². The third kappa shape index (κ3) is 5.53. The Morgan fingerprint density at radius 2 is 1.57 bits per heavy atom. The summed E-state index contributed by atoms with van der Waals surface area (Å²) < 4.78 is 33.8. The number of para-hydroxylation sites is 2. The number of amides is 1. The number of sulfonamides is 1. The molecule has 35 heavy (non-hydrogen) atoms. The first-order valence-corrected chi connectivity index (χ1v) is 12.7. The average molecular weight is 487 g/mol. The second-order valence-electron chi connectivity index (χ2n) is 7.69. The van der Waals surface area contributed by atoms with Crippen LogP contribution in [0.15, 0.2) is 108 Å². The van der Waals surface area contributed by atoms with Gasteiger partial charge in [0.25, 0.3) is 10.0 Å². The van der Waals surface area contributed by atoms with Gasteiger partial charge in [-0.1, -0.05) is 72.8 Å². The average Bonchev–Trinajstić information content (AvgIpc) is 2.88. The highest BCUT2D eigenvalue weighted by atomic mass is 32.2. The van der Waals surface area contributed by atoms with Gasteiger partial charge < -0.3 is 10.1 Å². The van der Waals surface area contributed by atoms with Crippen LogP contribution in [0.2, 0.25) is 0 Å². The predicted molar refractivity (Wildman–Crippen MR) is 140 cm³/mol. The maximum atomic E-state index is 13.5. The van der Waals surface area contributed by atoms with Crippen molar-refractivity contribution in [3.05, 3.63) is 109 Å². The quantitative estimate of drug-likeness (QED) is 0.352. The highest BCUT2D eigenvalue weighted by Gasteiger charge is 2.29. The summed E-state index contributed by atoms with van der Waals surface area (Å²) in [7, 11) is -4.03. The van der Waals surface area contributed by atoms with Crippen molar-refractivity contribution in [1.82, 2.24) is 5.32 Å². The van der Waals surface area contributed by atoms with E-state index in [1.165, 1.54) is 18.3 Å². The minimum absolute atomic E-state index is 0.0883. The fourth-order valence-electron chi connectivity index (χ4n) is 3.76. The van der Waals surface area contributed by atoms with Crippen molar-refractivity contribution in [2.45, 2.75) is 11.8 Å². The molecule has 0 aliphatic carbocycles. The normalized spacial score (nSPS) is 11.5. The molecule has 4 aromatic rings. The van der Waals surface area contributed by atoms with E-state index in [-0.39, 0.29) is 4.90 Å². The molecule has 0 atom stereocenters. The molecule has 0 fully saturated rings. The number of anilines is 1. The minimum Gasteiger partial charge on any atom is -0.492 e. The lowest BCUT2D eigenvalue weighted by Gasteiger charge is -2.25. The third-order valence-corrected chi connectivity index (χ3v) is 7.16. The summed E-state index contributed by atoms with van der Waals surface area (Å²) in [4.78, 5) is 13.0. The van der Waals surface area contributed by atoms with Crippen LogP contribution in [0.5, 0.6) is 5.75 Å². The maximum Gasteiger partial charge on any atom is 0.264 e. The number of nitrogens with zero attached hydrogens (tertiary/aromatic N) is 1. The summed E-state index contributed by atoms with van der Waals surface area (Å²) in [5.74, 6) is -0.0964. The van der Waals surface area contributed by atoms with Gasteiger partial charge in [0.05, 0.1) is 17.2 Å². The Balaban J connectivity index is 1.61. The Kier molecular flexibility index (Phi) is 7.48. The molecule has 7 heteroatoms. The molecule has 1 N–H and O–H groups in total. The number of nitrogens with one attached hydrogen (secondary N) is 1. The zero-order valence-corrected chi connectivity index (χ0v) is 20.1. The molecule has 0 heterocycles. The van der Waals surface area contributed by atoms with Crippen LogP contribution < -0.4 is 14.4 Å². The standard InChI is InChI=1S/C28H26N2O4S/c1-2-34-27-18-9-8-17-26(27)30(35(32,33)24-14-4-3-5-15-24)21-28(31)29-20-19-23-13-10-12-22-11-6-7-16-25(22)23/h3-20H,2,21H2,1H3,(H,29,31). The lowest BCUT2D eigenvalue weighted by atomic mass is 10.0. The van der Waals surface area contributed by atoms with Crippen molar-refractivity contribution in [2.75, 3.05) is 17.5 Å². The summed E-state index contributed by atoms with van der Waals surface area (Å²) in [6.45, 7) is 1.76. The van der Waals surface area contributed by atoms with Crippen LogP contribution in [0.4, 0.5) is 5.69 Å². The van der Waals surface area contributed by atoms with Gasteiger partial charge in [-0.15, -0.1) is 0 Å². The van der Waals surface area contributed by atoms with E-state index in [0.29, 0.717) is 18.0 Å². The van der Waals surface area contributed by atoms with Crippen LogP contribution in [-0.2, 0) is 14.8 Å². The molecule has 4 aromatic carbocycles. The largest absolute Gasteiger partial charge is 0.492 e. The van der Waals surface area contributed by atoms with E-state index in [2.05, 4.69) is 5.32 Å². The number of carbonyl (C=O) groups excluding carboxylic acids is 1. The Labute approximate surface area is 205 Å². The Morgan fingerprint density at radius 3 is 2.37 bits per heavy atom. The van der Waals surface area contributed by atoms with Gasteiger partial charge in [0, 0.05) is 6.20 Å². The molecule has 0 saturated heterocycles. The van der Waals surface area contributed by atoms with Gasteiger partial charge in [-0.25, -0.2) is 8.42 Å². The summed E-state index contributed by atoms with van der Waals surface area (Å²) in [6.07, 6.45) is 3.33. The van der Waals surface area contributed by atoms with E-state index in [1.54, 1.807) is 48.5 Å². The molecule has 0 unspecified atom stereocenters. The number of rotatable bonds is 9. The summed E-state index contributed by atoms with van der Waals surface area (Å²) >= 11 is 0. The highest BCUT2D eigenvalue weighted by Crippen LogP contribution is 2.32. The fourth-order valence-corrected chi connectivity index (χ4v) is 5.21. The molecule has 1 amide bonds. The molecule has 0 radical (unpaired) electrons. The Hall–Kier alpha value is -4.10. The molecule has 0 aromatic heterocycles. The molecule has 6 nitrogen and oxygen atoms in total.